The second-order valence-corrected chi connectivity index (χ2v) is 6.46. The maximum Gasteiger partial charge on any atom is 0.266 e. The summed E-state index contributed by atoms with van der Waals surface area (Å²) in [5, 5.41) is 0.676. The average molecular weight is 318 g/mol. The first-order valence-corrected chi connectivity index (χ1v) is 8.05. The van der Waals surface area contributed by atoms with Crippen molar-refractivity contribution < 1.29 is 9.53 Å². The molecule has 22 heavy (non-hydrogen) atoms. The molecule has 7 heteroatoms. The molecule has 2 aromatic rings. The topological polar surface area (TPSA) is 68.2 Å². The fourth-order valence-corrected chi connectivity index (χ4v) is 3.39. The number of carbonyl (C=O) groups excluding carboxylic acids is 1. The van der Waals surface area contributed by atoms with E-state index in [0.29, 0.717) is 28.9 Å². The van der Waals surface area contributed by atoms with Crippen LogP contribution in [0.3, 0.4) is 0 Å². The van der Waals surface area contributed by atoms with Gasteiger partial charge in [0, 0.05) is 18.9 Å². The van der Waals surface area contributed by atoms with Gasteiger partial charge >= 0.3 is 0 Å². The van der Waals surface area contributed by atoms with Crippen molar-refractivity contribution in [3.8, 4) is 10.8 Å². The minimum absolute atomic E-state index is 0.0137. The molecule has 1 fully saturated rings. The number of hydrogen-bond donors (Lipinski definition) is 0. The molecule has 3 rings (SSSR count). The second kappa shape index (κ2) is 6.10. The summed E-state index contributed by atoms with van der Waals surface area (Å²) in [5.74, 6) is 0.567. The number of rotatable bonds is 2. The molecule has 6 nitrogen and oxygen atoms in total. The number of ether oxygens (including phenoxy) is 1. The van der Waals surface area contributed by atoms with Crippen LogP contribution in [0, 0.1) is 6.92 Å². The van der Waals surface area contributed by atoms with E-state index in [1.165, 1.54) is 11.3 Å². The van der Waals surface area contributed by atoms with Gasteiger partial charge < -0.3 is 9.64 Å². The Hall–Kier alpha value is -1.86. The minimum atomic E-state index is 0.0137. The molecule has 3 heterocycles. The van der Waals surface area contributed by atoms with Crippen LogP contribution in [-0.4, -0.2) is 51.1 Å². The van der Waals surface area contributed by atoms with Crippen molar-refractivity contribution in [3.05, 3.63) is 29.0 Å². The van der Waals surface area contributed by atoms with E-state index in [-0.39, 0.29) is 18.1 Å². The van der Waals surface area contributed by atoms with E-state index in [9.17, 15) is 4.79 Å². The molecule has 0 radical (unpaired) electrons. The third-order valence-corrected chi connectivity index (χ3v) is 4.76. The number of amides is 1. The molecule has 2 atom stereocenters. The Kier molecular flexibility index (Phi) is 4.17. The van der Waals surface area contributed by atoms with Crippen LogP contribution in [-0.2, 0) is 4.74 Å². The molecule has 0 unspecified atom stereocenters. The molecule has 0 spiro atoms. The summed E-state index contributed by atoms with van der Waals surface area (Å²) in [6.07, 6.45) is 3.41. The highest BCUT2D eigenvalue weighted by Crippen LogP contribution is 2.27. The van der Waals surface area contributed by atoms with E-state index in [1.54, 1.807) is 18.5 Å². The number of aromatic nitrogens is 3. The van der Waals surface area contributed by atoms with Crippen molar-refractivity contribution in [2.45, 2.75) is 32.9 Å². The van der Waals surface area contributed by atoms with E-state index in [2.05, 4.69) is 15.0 Å². The molecule has 0 saturated carbocycles. The first-order chi connectivity index (χ1) is 10.6. The molecule has 116 valence electrons. The van der Waals surface area contributed by atoms with Crippen LogP contribution in [0.2, 0.25) is 0 Å². The quantitative estimate of drug-likeness (QED) is 0.849. The Labute approximate surface area is 133 Å². The average Bonchev–Trinajstić information content (AvgIpc) is 2.92. The van der Waals surface area contributed by atoms with Gasteiger partial charge in [-0.3, -0.25) is 4.79 Å². The standard InChI is InChI=1S/C15H18N4O2S/c1-9-8-21-10(2)7-19(9)15(20)12-11(3)18-14(22-12)13-16-5-4-6-17-13/h4-6,9-10H,7-8H2,1-3H3/t9-,10-/m0/s1. The van der Waals surface area contributed by atoms with Gasteiger partial charge in [-0.2, -0.15) is 0 Å². The van der Waals surface area contributed by atoms with Crippen molar-refractivity contribution >= 4 is 17.2 Å². The van der Waals surface area contributed by atoms with Crippen molar-refractivity contribution in [1.29, 1.82) is 0 Å². The monoisotopic (exact) mass is 318 g/mol. The predicted molar refractivity (Wildman–Crippen MR) is 83.8 cm³/mol. The first kappa shape index (κ1) is 15.1. The molecule has 0 aliphatic carbocycles. The van der Waals surface area contributed by atoms with Crippen LogP contribution in [0.15, 0.2) is 18.5 Å². The van der Waals surface area contributed by atoms with Gasteiger partial charge in [-0.05, 0) is 26.8 Å². The number of thiazole rings is 1. The highest BCUT2D eigenvalue weighted by atomic mass is 32.1. The summed E-state index contributed by atoms with van der Waals surface area (Å²) in [4.78, 5) is 28.2. The third kappa shape index (κ3) is 2.86. The summed E-state index contributed by atoms with van der Waals surface area (Å²) >= 11 is 1.35. The molecule has 0 aromatic carbocycles. The van der Waals surface area contributed by atoms with Crippen LogP contribution >= 0.6 is 11.3 Å². The number of aryl methyl sites for hydroxylation is 1. The molecular formula is C15H18N4O2S. The Morgan fingerprint density at radius 2 is 2.09 bits per heavy atom. The van der Waals surface area contributed by atoms with Crippen molar-refractivity contribution in [3.63, 3.8) is 0 Å². The first-order valence-electron chi connectivity index (χ1n) is 7.23. The number of nitrogens with zero attached hydrogens (tertiary/aromatic N) is 4. The lowest BCUT2D eigenvalue weighted by Crippen LogP contribution is -2.50. The lowest BCUT2D eigenvalue weighted by molar-refractivity contribution is -0.0385. The molecule has 1 aliphatic rings. The smallest absolute Gasteiger partial charge is 0.266 e. The molecular weight excluding hydrogens is 300 g/mol. The van der Waals surface area contributed by atoms with E-state index in [0.717, 1.165) is 5.69 Å². The second-order valence-electron chi connectivity index (χ2n) is 5.46. The Bertz CT molecular complexity index is 673. The molecule has 0 bridgehead atoms. The van der Waals surface area contributed by atoms with Gasteiger partial charge in [0.1, 0.15) is 4.88 Å². The fourth-order valence-electron chi connectivity index (χ4n) is 2.42. The Balaban J connectivity index is 1.88. The summed E-state index contributed by atoms with van der Waals surface area (Å²) in [5.41, 5.74) is 0.726. The van der Waals surface area contributed by atoms with Gasteiger partial charge in [0.2, 0.25) is 0 Å². The van der Waals surface area contributed by atoms with E-state index in [4.69, 9.17) is 4.74 Å². The van der Waals surface area contributed by atoms with Crippen molar-refractivity contribution in [2.75, 3.05) is 13.2 Å². The zero-order valence-electron chi connectivity index (χ0n) is 12.8. The fraction of sp³-hybridized carbons (Fsp3) is 0.467. The Morgan fingerprint density at radius 3 is 2.82 bits per heavy atom. The minimum Gasteiger partial charge on any atom is -0.375 e. The van der Waals surface area contributed by atoms with Gasteiger partial charge in [0.15, 0.2) is 10.8 Å². The molecule has 2 aromatic heterocycles. The van der Waals surface area contributed by atoms with Gasteiger partial charge in [0.25, 0.3) is 5.91 Å². The van der Waals surface area contributed by atoms with Gasteiger partial charge in [-0.1, -0.05) is 0 Å². The summed E-state index contributed by atoms with van der Waals surface area (Å²) in [6.45, 7) is 7.01. The zero-order chi connectivity index (χ0) is 15.7. The van der Waals surface area contributed by atoms with E-state index in [1.807, 2.05) is 25.7 Å². The number of morpholine rings is 1. The third-order valence-electron chi connectivity index (χ3n) is 3.62. The molecule has 0 N–H and O–H groups in total. The zero-order valence-corrected chi connectivity index (χ0v) is 13.6. The van der Waals surface area contributed by atoms with Crippen molar-refractivity contribution in [1.82, 2.24) is 19.9 Å². The molecule has 1 aliphatic heterocycles. The normalized spacial score (nSPS) is 21.9. The maximum absolute atomic E-state index is 12.8. The molecule has 1 saturated heterocycles. The van der Waals surface area contributed by atoms with Crippen LogP contribution in [0.4, 0.5) is 0 Å². The molecule has 1 amide bonds. The number of carbonyl (C=O) groups is 1. The largest absolute Gasteiger partial charge is 0.375 e. The van der Waals surface area contributed by atoms with Gasteiger partial charge in [-0.25, -0.2) is 15.0 Å². The van der Waals surface area contributed by atoms with E-state index >= 15 is 0 Å². The number of hydrogen-bond acceptors (Lipinski definition) is 6. The van der Waals surface area contributed by atoms with Crippen LogP contribution < -0.4 is 0 Å². The van der Waals surface area contributed by atoms with Crippen LogP contribution in [0.5, 0.6) is 0 Å². The SMILES string of the molecule is Cc1nc(-c2ncccn2)sc1C(=O)N1C[C@H](C)OC[C@@H]1C. The lowest BCUT2D eigenvalue weighted by atomic mass is 10.2. The summed E-state index contributed by atoms with van der Waals surface area (Å²) in [6, 6.07) is 1.83. The Morgan fingerprint density at radius 1 is 1.36 bits per heavy atom. The maximum atomic E-state index is 12.8. The highest BCUT2D eigenvalue weighted by molar-refractivity contribution is 7.17. The summed E-state index contributed by atoms with van der Waals surface area (Å²) in [7, 11) is 0. The van der Waals surface area contributed by atoms with E-state index < -0.39 is 0 Å². The summed E-state index contributed by atoms with van der Waals surface area (Å²) < 4.78 is 5.59. The van der Waals surface area contributed by atoms with Crippen molar-refractivity contribution in [2.24, 2.45) is 0 Å². The van der Waals surface area contributed by atoms with Gasteiger partial charge in [-0.15, -0.1) is 11.3 Å². The lowest BCUT2D eigenvalue weighted by Gasteiger charge is -2.36. The van der Waals surface area contributed by atoms with Crippen LogP contribution in [0.25, 0.3) is 10.8 Å². The van der Waals surface area contributed by atoms with Gasteiger partial charge in [0.05, 0.1) is 24.4 Å². The van der Waals surface area contributed by atoms with Crippen LogP contribution in [0.1, 0.15) is 29.2 Å². The predicted octanol–water partition coefficient (Wildman–Crippen LogP) is 2.16. The highest BCUT2D eigenvalue weighted by Gasteiger charge is 2.30.